The van der Waals surface area contributed by atoms with E-state index in [0.29, 0.717) is 43.2 Å². The van der Waals surface area contributed by atoms with Gasteiger partial charge in [-0.2, -0.15) is 0 Å². The highest BCUT2D eigenvalue weighted by Gasteiger charge is 2.18. The van der Waals surface area contributed by atoms with Crippen LogP contribution in [0, 0.1) is 0 Å². The van der Waals surface area contributed by atoms with Gasteiger partial charge in [-0.25, -0.2) is 4.98 Å². The van der Waals surface area contributed by atoms with Gasteiger partial charge in [-0.15, -0.1) is 0 Å². The minimum Gasteiger partial charge on any atom is -0.486 e. The van der Waals surface area contributed by atoms with Crippen molar-refractivity contribution in [1.29, 1.82) is 0 Å². The zero-order valence-corrected chi connectivity index (χ0v) is 17.6. The number of nitrogens with zero attached hydrogens (tertiary/aromatic N) is 1. The van der Waals surface area contributed by atoms with Crippen LogP contribution in [0.4, 0.5) is 5.69 Å². The van der Waals surface area contributed by atoms with Crippen LogP contribution in [-0.4, -0.2) is 29.1 Å². The maximum atomic E-state index is 12.7. The lowest BCUT2D eigenvalue weighted by Crippen LogP contribution is -2.17. The lowest BCUT2D eigenvalue weighted by molar-refractivity contribution is -0.116. The molecule has 0 atom stereocenters. The Morgan fingerprint density at radius 2 is 1.74 bits per heavy atom. The third kappa shape index (κ3) is 4.51. The van der Waals surface area contributed by atoms with Crippen LogP contribution < -0.4 is 14.8 Å². The van der Waals surface area contributed by atoms with E-state index in [0.717, 1.165) is 26.6 Å². The van der Waals surface area contributed by atoms with Gasteiger partial charge in [-0.05, 0) is 24.3 Å². The Labute approximate surface area is 184 Å². The van der Waals surface area contributed by atoms with Crippen molar-refractivity contribution in [2.24, 2.45) is 0 Å². The lowest BCUT2D eigenvalue weighted by Gasteiger charge is -2.21. The summed E-state index contributed by atoms with van der Waals surface area (Å²) in [7, 11) is 0. The number of benzene rings is 3. The summed E-state index contributed by atoms with van der Waals surface area (Å²) in [6.45, 7) is 1.02. The van der Waals surface area contributed by atoms with E-state index < -0.39 is 0 Å². The van der Waals surface area contributed by atoms with Crippen molar-refractivity contribution in [2.75, 3.05) is 18.5 Å². The number of para-hydroxylation sites is 2. The Bertz CT molecular complexity index is 1190. The molecule has 0 bridgehead atoms. The first-order valence-corrected chi connectivity index (χ1v) is 11.0. The average Bonchev–Trinajstić information content (AvgIpc) is 3.22. The Morgan fingerprint density at radius 3 is 2.55 bits per heavy atom. The first-order valence-electron chi connectivity index (χ1n) is 10.1. The van der Waals surface area contributed by atoms with Crippen LogP contribution in [0.3, 0.4) is 0 Å². The number of carbonyl (C=O) groups excluding carboxylic acids is 1. The summed E-state index contributed by atoms with van der Waals surface area (Å²) in [6.07, 6.45) is 0.857. The van der Waals surface area contributed by atoms with Crippen molar-refractivity contribution in [3.05, 3.63) is 72.6 Å². The van der Waals surface area contributed by atoms with Crippen LogP contribution in [0.2, 0.25) is 0 Å². The molecule has 4 aromatic rings. The van der Waals surface area contributed by atoms with Gasteiger partial charge in [0.05, 0.1) is 16.7 Å². The number of hydrogen-bond acceptors (Lipinski definition) is 5. The van der Waals surface area contributed by atoms with E-state index in [1.807, 2.05) is 66.7 Å². The van der Waals surface area contributed by atoms with Gasteiger partial charge < -0.3 is 19.8 Å². The molecule has 1 aliphatic rings. The molecule has 0 saturated carbocycles. The lowest BCUT2D eigenvalue weighted by atomic mass is 10.2. The third-order valence-electron chi connectivity index (χ3n) is 4.92. The predicted molar refractivity (Wildman–Crippen MR) is 121 cm³/mol. The summed E-state index contributed by atoms with van der Waals surface area (Å²) in [5, 5.41) is 3.05. The van der Waals surface area contributed by atoms with Crippen molar-refractivity contribution in [3.63, 3.8) is 0 Å². The van der Waals surface area contributed by atoms with Crippen molar-refractivity contribution in [1.82, 2.24) is 9.97 Å². The number of rotatable bonds is 6. The molecule has 0 aliphatic carbocycles. The Morgan fingerprint density at radius 1 is 1.00 bits per heavy atom. The first kappa shape index (κ1) is 19.5. The number of nitrogens with one attached hydrogen (secondary N) is 2. The van der Waals surface area contributed by atoms with E-state index >= 15 is 0 Å². The zero-order valence-electron chi connectivity index (χ0n) is 16.8. The van der Waals surface area contributed by atoms with Gasteiger partial charge in [0.25, 0.3) is 0 Å². The van der Waals surface area contributed by atoms with Gasteiger partial charge >= 0.3 is 0 Å². The van der Waals surface area contributed by atoms with E-state index in [-0.39, 0.29) is 5.91 Å². The number of H-pyrrole nitrogens is 1. The van der Waals surface area contributed by atoms with Crippen molar-refractivity contribution < 1.29 is 14.3 Å². The zero-order chi connectivity index (χ0) is 21.0. The van der Waals surface area contributed by atoms with Gasteiger partial charge in [-0.1, -0.05) is 42.1 Å². The van der Waals surface area contributed by atoms with Crippen molar-refractivity contribution >= 4 is 34.4 Å². The molecule has 0 fully saturated rings. The van der Waals surface area contributed by atoms with E-state index in [1.165, 1.54) is 0 Å². The predicted octanol–water partition coefficient (Wildman–Crippen LogP) is 5.06. The molecule has 0 unspecified atom stereocenters. The minimum atomic E-state index is -0.0768. The normalized spacial score (nSPS) is 12.6. The second-order valence-corrected chi connectivity index (χ2v) is 8.27. The Balaban J connectivity index is 1.33. The number of aromatic nitrogens is 2. The van der Waals surface area contributed by atoms with Gasteiger partial charge in [0, 0.05) is 34.8 Å². The summed E-state index contributed by atoms with van der Waals surface area (Å²) in [4.78, 5) is 22.5. The van der Waals surface area contributed by atoms with Crippen molar-refractivity contribution in [3.8, 4) is 11.5 Å². The molecule has 0 spiro atoms. The SMILES string of the molecule is O=C(CCc1nc2ccccc2[nH]1)Nc1cc2c(cc1Sc1ccccc1)OCCO2. The summed E-state index contributed by atoms with van der Waals surface area (Å²) in [5.41, 5.74) is 2.60. The quantitative estimate of drug-likeness (QED) is 0.446. The van der Waals surface area contributed by atoms with Crippen LogP contribution in [0.5, 0.6) is 11.5 Å². The monoisotopic (exact) mass is 431 g/mol. The molecule has 156 valence electrons. The van der Waals surface area contributed by atoms with Gasteiger partial charge in [-0.3, -0.25) is 4.79 Å². The Hall–Kier alpha value is -3.45. The average molecular weight is 432 g/mol. The molecule has 1 amide bonds. The second kappa shape index (κ2) is 8.73. The van der Waals surface area contributed by atoms with E-state index in [2.05, 4.69) is 15.3 Å². The van der Waals surface area contributed by atoms with E-state index in [1.54, 1.807) is 11.8 Å². The number of imidazole rings is 1. The van der Waals surface area contributed by atoms with Crippen molar-refractivity contribution in [2.45, 2.75) is 22.6 Å². The highest BCUT2D eigenvalue weighted by molar-refractivity contribution is 7.99. The van der Waals surface area contributed by atoms with Crippen LogP contribution in [0.1, 0.15) is 12.2 Å². The highest BCUT2D eigenvalue weighted by atomic mass is 32.2. The number of ether oxygens (including phenoxy) is 2. The number of aryl methyl sites for hydroxylation is 1. The fourth-order valence-electron chi connectivity index (χ4n) is 3.44. The number of hydrogen-bond donors (Lipinski definition) is 2. The summed E-state index contributed by atoms with van der Waals surface area (Å²) in [5.74, 6) is 2.07. The molecule has 3 aromatic carbocycles. The van der Waals surface area contributed by atoms with Gasteiger partial charge in [0.1, 0.15) is 19.0 Å². The summed E-state index contributed by atoms with van der Waals surface area (Å²) < 4.78 is 11.4. The van der Waals surface area contributed by atoms with Crippen LogP contribution >= 0.6 is 11.8 Å². The molecule has 6 nitrogen and oxygen atoms in total. The fourth-order valence-corrected chi connectivity index (χ4v) is 4.37. The smallest absolute Gasteiger partial charge is 0.224 e. The van der Waals surface area contributed by atoms with Crippen LogP contribution in [-0.2, 0) is 11.2 Å². The molecule has 1 aliphatic heterocycles. The largest absolute Gasteiger partial charge is 0.486 e. The van der Waals surface area contributed by atoms with Gasteiger partial charge in [0.15, 0.2) is 11.5 Å². The fraction of sp³-hybridized carbons (Fsp3) is 0.167. The highest BCUT2D eigenvalue weighted by Crippen LogP contribution is 2.42. The van der Waals surface area contributed by atoms with Crippen LogP contribution in [0.15, 0.2) is 76.5 Å². The van der Waals surface area contributed by atoms with E-state index in [4.69, 9.17) is 9.47 Å². The second-order valence-electron chi connectivity index (χ2n) is 7.16. The maximum Gasteiger partial charge on any atom is 0.224 e. The molecular formula is C24H21N3O3S. The number of carbonyl (C=O) groups is 1. The first-order chi connectivity index (χ1) is 15.2. The standard InChI is InChI=1S/C24H21N3O3S/c28-24(11-10-23-25-17-8-4-5-9-18(17)26-23)27-19-14-20-21(30-13-12-29-20)15-22(19)31-16-6-2-1-3-7-16/h1-9,14-15H,10-13H2,(H,25,26)(H,27,28). The number of amides is 1. The molecule has 0 radical (unpaired) electrons. The third-order valence-corrected chi connectivity index (χ3v) is 5.98. The van der Waals surface area contributed by atoms with E-state index in [9.17, 15) is 4.79 Å². The molecule has 5 rings (SSSR count). The molecule has 2 heterocycles. The summed E-state index contributed by atoms with van der Waals surface area (Å²) in [6, 6.07) is 21.7. The molecule has 1 aromatic heterocycles. The number of fused-ring (bicyclic) bond motifs is 2. The molecule has 0 saturated heterocycles. The Kier molecular flexibility index (Phi) is 5.50. The van der Waals surface area contributed by atoms with Crippen LogP contribution in [0.25, 0.3) is 11.0 Å². The molecule has 2 N–H and O–H groups in total. The molecule has 31 heavy (non-hydrogen) atoms. The summed E-state index contributed by atoms with van der Waals surface area (Å²) >= 11 is 1.58. The minimum absolute atomic E-state index is 0.0768. The van der Waals surface area contributed by atoms with Gasteiger partial charge in [0.2, 0.25) is 5.91 Å². The number of aromatic amines is 1. The molecule has 7 heteroatoms. The molecular weight excluding hydrogens is 410 g/mol. The topological polar surface area (TPSA) is 76.2 Å². The maximum absolute atomic E-state index is 12.7. The number of anilines is 1.